The molecule has 0 unspecified atom stereocenters. The van der Waals surface area contributed by atoms with Crippen LogP contribution in [-0.4, -0.2) is 25.3 Å². The molecule has 1 aliphatic rings. The summed E-state index contributed by atoms with van der Waals surface area (Å²) >= 11 is 5.98. The van der Waals surface area contributed by atoms with E-state index >= 15 is 0 Å². The molecule has 0 amide bonds. The van der Waals surface area contributed by atoms with Crippen LogP contribution in [0.25, 0.3) is 0 Å². The van der Waals surface area contributed by atoms with Gasteiger partial charge in [-0.3, -0.25) is 0 Å². The minimum atomic E-state index is -5.36. The van der Waals surface area contributed by atoms with Gasteiger partial charge in [0.25, 0.3) is 9.84 Å². The van der Waals surface area contributed by atoms with Crippen molar-refractivity contribution in [2.45, 2.75) is 47.5 Å². The molecule has 0 saturated heterocycles. The van der Waals surface area contributed by atoms with Crippen LogP contribution in [-0.2, 0) is 9.84 Å². The van der Waals surface area contributed by atoms with Crippen molar-refractivity contribution in [1.82, 2.24) is 0 Å². The van der Waals surface area contributed by atoms with Gasteiger partial charge >= 0.3 is 5.51 Å². The summed E-state index contributed by atoms with van der Waals surface area (Å²) in [5.74, 6) is 0. The Morgan fingerprint density at radius 2 is 1.67 bits per heavy atom. The third-order valence-electron chi connectivity index (χ3n) is 3.50. The van der Waals surface area contributed by atoms with Gasteiger partial charge in [-0.15, -0.1) is 11.6 Å². The minimum Gasteiger partial charge on any atom is -0.381 e. The van der Waals surface area contributed by atoms with E-state index in [9.17, 15) is 21.6 Å². The zero-order valence-corrected chi connectivity index (χ0v) is 12.6. The van der Waals surface area contributed by atoms with Gasteiger partial charge in [-0.05, 0) is 37.8 Å². The number of para-hydroxylation sites is 1. The number of anilines is 1. The molecule has 118 valence electrons. The fraction of sp³-hybridized carbons (Fsp3) is 0.538. The van der Waals surface area contributed by atoms with Gasteiger partial charge in [0.15, 0.2) is 0 Å². The second-order valence-corrected chi connectivity index (χ2v) is 7.57. The first-order valence-electron chi connectivity index (χ1n) is 6.53. The molecular formula is C13H15ClF3NO2S. The van der Waals surface area contributed by atoms with Gasteiger partial charge in [0.2, 0.25) is 0 Å². The Morgan fingerprint density at radius 3 is 2.24 bits per heavy atom. The van der Waals surface area contributed by atoms with E-state index in [2.05, 4.69) is 5.32 Å². The maximum Gasteiger partial charge on any atom is 0.501 e. The van der Waals surface area contributed by atoms with E-state index in [1.54, 1.807) is 0 Å². The van der Waals surface area contributed by atoms with Crippen LogP contribution in [0.5, 0.6) is 0 Å². The van der Waals surface area contributed by atoms with Crippen molar-refractivity contribution in [2.75, 3.05) is 5.32 Å². The summed E-state index contributed by atoms with van der Waals surface area (Å²) in [6.45, 7) is 0. The number of halogens is 4. The lowest BCUT2D eigenvalue weighted by molar-refractivity contribution is -0.0435. The number of hydrogen-bond acceptors (Lipinski definition) is 3. The SMILES string of the molecule is O=S(=O)(c1ccccc1NC1CCC(Cl)CC1)C(F)(F)F. The monoisotopic (exact) mass is 341 g/mol. The fourth-order valence-corrected chi connectivity index (χ4v) is 3.54. The number of alkyl halides is 4. The first kappa shape index (κ1) is 16.4. The van der Waals surface area contributed by atoms with Gasteiger partial charge < -0.3 is 5.32 Å². The molecule has 1 aliphatic carbocycles. The molecule has 1 N–H and O–H groups in total. The van der Waals surface area contributed by atoms with E-state index in [1.165, 1.54) is 18.2 Å². The molecule has 0 bridgehead atoms. The average molecular weight is 342 g/mol. The van der Waals surface area contributed by atoms with E-state index in [0.29, 0.717) is 12.8 Å². The second-order valence-electron chi connectivity index (χ2n) is 5.04. The molecule has 1 aromatic carbocycles. The highest BCUT2D eigenvalue weighted by Gasteiger charge is 2.48. The summed E-state index contributed by atoms with van der Waals surface area (Å²) in [4.78, 5) is -0.731. The Labute approximate surface area is 126 Å². The Kier molecular flexibility index (Phi) is 4.72. The van der Waals surface area contributed by atoms with Crippen LogP contribution >= 0.6 is 11.6 Å². The normalized spacial score (nSPS) is 23.8. The highest BCUT2D eigenvalue weighted by Crippen LogP contribution is 2.35. The van der Waals surface area contributed by atoms with Crippen molar-refractivity contribution in [2.24, 2.45) is 0 Å². The molecule has 0 atom stereocenters. The van der Waals surface area contributed by atoms with Crippen molar-refractivity contribution >= 4 is 27.1 Å². The highest BCUT2D eigenvalue weighted by atomic mass is 35.5. The van der Waals surface area contributed by atoms with Gasteiger partial charge in [0, 0.05) is 11.4 Å². The lowest BCUT2D eigenvalue weighted by Gasteiger charge is -2.27. The van der Waals surface area contributed by atoms with Crippen LogP contribution in [0.15, 0.2) is 29.2 Å². The fourth-order valence-electron chi connectivity index (χ4n) is 2.36. The van der Waals surface area contributed by atoms with Crippen LogP contribution in [0.2, 0.25) is 0 Å². The van der Waals surface area contributed by atoms with Gasteiger partial charge in [-0.2, -0.15) is 13.2 Å². The van der Waals surface area contributed by atoms with Crippen molar-refractivity contribution in [1.29, 1.82) is 0 Å². The van der Waals surface area contributed by atoms with Gasteiger partial charge in [0.05, 0.1) is 10.6 Å². The summed E-state index contributed by atoms with van der Waals surface area (Å²) in [5.41, 5.74) is -5.31. The summed E-state index contributed by atoms with van der Waals surface area (Å²) < 4.78 is 61.3. The maximum atomic E-state index is 12.7. The van der Waals surface area contributed by atoms with E-state index in [4.69, 9.17) is 11.6 Å². The number of hydrogen-bond donors (Lipinski definition) is 1. The molecule has 0 heterocycles. The van der Waals surface area contributed by atoms with Crippen molar-refractivity contribution in [3.8, 4) is 0 Å². The summed E-state index contributed by atoms with van der Waals surface area (Å²) in [5, 5.41) is 2.99. The Morgan fingerprint density at radius 1 is 1.10 bits per heavy atom. The summed E-state index contributed by atoms with van der Waals surface area (Å²) in [6, 6.07) is 5.04. The first-order valence-corrected chi connectivity index (χ1v) is 8.45. The Hall–Kier alpha value is -0.950. The lowest BCUT2D eigenvalue weighted by Crippen LogP contribution is -2.29. The van der Waals surface area contributed by atoms with Crippen LogP contribution < -0.4 is 5.32 Å². The van der Waals surface area contributed by atoms with Crippen molar-refractivity contribution < 1.29 is 21.6 Å². The maximum absolute atomic E-state index is 12.7. The molecule has 3 nitrogen and oxygen atoms in total. The van der Waals surface area contributed by atoms with Gasteiger partial charge in [0.1, 0.15) is 0 Å². The number of benzene rings is 1. The van der Waals surface area contributed by atoms with Crippen LogP contribution in [0.3, 0.4) is 0 Å². The predicted octanol–water partition coefficient (Wildman–Crippen LogP) is 3.94. The second kappa shape index (κ2) is 6.04. The molecule has 2 rings (SSSR count). The number of nitrogens with one attached hydrogen (secondary N) is 1. The largest absolute Gasteiger partial charge is 0.501 e. The van der Waals surface area contributed by atoms with Crippen LogP contribution in [0, 0.1) is 0 Å². The zero-order chi connectivity index (χ0) is 15.7. The smallest absolute Gasteiger partial charge is 0.381 e. The molecule has 0 radical (unpaired) electrons. The van der Waals surface area contributed by atoms with E-state index < -0.39 is 20.2 Å². The molecule has 1 fully saturated rings. The topological polar surface area (TPSA) is 46.2 Å². The number of rotatable bonds is 3. The Bertz CT molecular complexity index is 596. The third kappa shape index (κ3) is 3.63. The molecule has 1 saturated carbocycles. The molecular weight excluding hydrogens is 327 g/mol. The van der Waals surface area contributed by atoms with Gasteiger partial charge in [-0.25, -0.2) is 8.42 Å². The molecule has 0 spiro atoms. The standard InChI is InChI=1S/C13H15ClF3NO2S/c14-9-5-7-10(8-6-9)18-11-3-1-2-4-12(11)21(19,20)13(15,16)17/h1-4,9-10,18H,5-8H2. The molecule has 0 aromatic heterocycles. The predicted molar refractivity (Wildman–Crippen MR) is 75.2 cm³/mol. The molecule has 21 heavy (non-hydrogen) atoms. The third-order valence-corrected chi connectivity index (χ3v) is 5.48. The average Bonchev–Trinajstić information content (AvgIpc) is 2.40. The first-order chi connectivity index (χ1) is 9.72. The molecule has 1 aromatic rings. The van der Waals surface area contributed by atoms with Crippen LogP contribution in [0.1, 0.15) is 25.7 Å². The zero-order valence-electron chi connectivity index (χ0n) is 11.0. The quantitative estimate of drug-likeness (QED) is 0.847. The van der Waals surface area contributed by atoms with Crippen molar-refractivity contribution in [3.63, 3.8) is 0 Å². The van der Waals surface area contributed by atoms with E-state index in [0.717, 1.165) is 18.9 Å². The highest BCUT2D eigenvalue weighted by molar-refractivity contribution is 7.92. The van der Waals surface area contributed by atoms with E-state index in [-0.39, 0.29) is 17.1 Å². The van der Waals surface area contributed by atoms with Crippen molar-refractivity contribution in [3.05, 3.63) is 24.3 Å². The minimum absolute atomic E-state index is 0.00662. The van der Waals surface area contributed by atoms with E-state index in [1.807, 2.05) is 0 Å². The summed E-state index contributed by atoms with van der Waals surface area (Å²) in [6.07, 6.45) is 2.92. The van der Waals surface area contributed by atoms with Gasteiger partial charge in [-0.1, -0.05) is 12.1 Å². The lowest BCUT2D eigenvalue weighted by atomic mass is 9.95. The number of sulfone groups is 1. The molecule has 0 aliphatic heterocycles. The summed E-state index contributed by atoms with van der Waals surface area (Å²) in [7, 11) is -5.36. The van der Waals surface area contributed by atoms with Crippen LogP contribution in [0.4, 0.5) is 18.9 Å². The Balaban J connectivity index is 2.26. The molecule has 8 heteroatoms.